The smallest absolute Gasteiger partial charge is 0.129 e. The van der Waals surface area contributed by atoms with E-state index in [1.807, 2.05) is 24.3 Å². The minimum atomic E-state index is -0.413. The number of ether oxygens (including phenoxy) is 1. The first-order valence-corrected chi connectivity index (χ1v) is 6.31. The monoisotopic (exact) mass is 279 g/mol. The van der Waals surface area contributed by atoms with Crippen LogP contribution < -0.4 is 10.5 Å². The van der Waals surface area contributed by atoms with Crippen LogP contribution in [0.25, 0.3) is 0 Å². The van der Waals surface area contributed by atoms with E-state index in [9.17, 15) is 4.39 Å². The molecule has 0 aliphatic carbocycles. The Balaban J connectivity index is 2.17. The predicted molar refractivity (Wildman–Crippen MR) is 75.0 cm³/mol. The summed E-state index contributed by atoms with van der Waals surface area (Å²) in [6, 6.07) is 11.7. The Hall–Kier alpha value is -1.58. The second kappa shape index (κ2) is 6.04. The molecule has 1 unspecified atom stereocenters. The van der Waals surface area contributed by atoms with Crippen molar-refractivity contribution in [3.05, 3.63) is 64.4 Å². The van der Waals surface area contributed by atoms with Crippen molar-refractivity contribution in [2.24, 2.45) is 5.73 Å². The standard InChI is InChI=1S/C15H15ClFNO/c1-19-12-4-2-3-10(7-12)8-15(18)13-6-5-11(16)9-14(13)17/h2-7,9,15H,8,18H2,1H3. The molecule has 0 amide bonds. The van der Waals surface area contributed by atoms with Gasteiger partial charge in [0.1, 0.15) is 11.6 Å². The van der Waals surface area contributed by atoms with Gasteiger partial charge in [0.2, 0.25) is 0 Å². The molecular formula is C15H15ClFNO. The Morgan fingerprint density at radius 2 is 2.05 bits per heavy atom. The lowest BCUT2D eigenvalue weighted by molar-refractivity contribution is 0.414. The summed E-state index contributed by atoms with van der Waals surface area (Å²) in [5, 5.41) is 0.370. The lowest BCUT2D eigenvalue weighted by Crippen LogP contribution is -2.15. The van der Waals surface area contributed by atoms with E-state index in [-0.39, 0.29) is 5.82 Å². The van der Waals surface area contributed by atoms with Crippen molar-refractivity contribution in [3.8, 4) is 5.75 Å². The third kappa shape index (κ3) is 3.46. The minimum absolute atomic E-state index is 0.370. The number of hydrogen-bond acceptors (Lipinski definition) is 2. The lowest BCUT2D eigenvalue weighted by atomic mass is 9.99. The largest absolute Gasteiger partial charge is 0.497 e. The van der Waals surface area contributed by atoms with Crippen LogP contribution >= 0.6 is 11.6 Å². The van der Waals surface area contributed by atoms with Crippen molar-refractivity contribution >= 4 is 11.6 Å². The van der Waals surface area contributed by atoms with E-state index >= 15 is 0 Å². The van der Waals surface area contributed by atoms with Gasteiger partial charge < -0.3 is 10.5 Å². The van der Waals surface area contributed by atoms with Gasteiger partial charge in [-0.1, -0.05) is 29.8 Å². The van der Waals surface area contributed by atoms with Gasteiger partial charge in [-0.25, -0.2) is 4.39 Å². The van der Waals surface area contributed by atoms with Gasteiger partial charge in [-0.2, -0.15) is 0 Å². The molecule has 0 spiro atoms. The first kappa shape index (κ1) is 13.8. The quantitative estimate of drug-likeness (QED) is 0.925. The normalized spacial score (nSPS) is 12.2. The highest BCUT2D eigenvalue weighted by Crippen LogP contribution is 2.23. The van der Waals surface area contributed by atoms with E-state index in [0.717, 1.165) is 11.3 Å². The van der Waals surface area contributed by atoms with Crippen molar-refractivity contribution in [1.29, 1.82) is 0 Å². The zero-order valence-corrected chi connectivity index (χ0v) is 11.3. The summed E-state index contributed by atoms with van der Waals surface area (Å²) in [6.45, 7) is 0. The van der Waals surface area contributed by atoms with Gasteiger partial charge >= 0.3 is 0 Å². The highest BCUT2D eigenvalue weighted by Gasteiger charge is 2.12. The molecule has 0 fully saturated rings. The molecule has 0 aromatic heterocycles. The summed E-state index contributed by atoms with van der Waals surface area (Å²) >= 11 is 5.72. The third-order valence-electron chi connectivity index (χ3n) is 2.95. The number of benzene rings is 2. The molecule has 0 bridgehead atoms. The molecule has 19 heavy (non-hydrogen) atoms. The molecule has 0 radical (unpaired) electrons. The average molecular weight is 280 g/mol. The number of rotatable bonds is 4. The Morgan fingerprint density at radius 3 is 2.74 bits per heavy atom. The van der Waals surface area contributed by atoms with E-state index in [1.165, 1.54) is 6.07 Å². The molecule has 0 aliphatic heterocycles. The van der Waals surface area contributed by atoms with E-state index in [1.54, 1.807) is 19.2 Å². The van der Waals surface area contributed by atoms with Crippen LogP contribution in [0.5, 0.6) is 5.75 Å². The number of hydrogen-bond donors (Lipinski definition) is 1. The zero-order chi connectivity index (χ0) is 13.8. The molecular weight excluding hydrogens is 265 g/mol. The summed E-state index contributed by atoms with van der Waals surface area (Å²) in [7, 11) is 1.61. The molecule has 0 heterocycles. The van der Waals surface area contributed by atoms with Crippen LogP contribution in [0.1, 0.15) is 17.2 Å². The summed E-state index contributed by atoms with van der Waals surface area (Å²) in [4.78, 5) is 0. The number of nitrogens with two attached hydrogens (primary N) is 1. The van der Waals surface area contributed by atoms with Gasteiger partial charge in [-0.05, 0) is 36.2 Å². The van der Waals surface area contributed by atoms with Gasteiger partial charge in [0.15, 0.2) is 0 Å². The van der Waals surface area contributed by atoms with Crippen LogP contribution in [-0.4, -0.2) is 7.11 Å². The summed E-state index contributed by atoms with van der Waals surface area (Å²) < 4.78 is 18.9. The SMILES string of the molecule is COc1cccc(CC(N)c2ccc(Cl)cc2F)c1. The molecule has 2 nitrogen and oxygen atoms in total. The topological polar surface area (TPSA) is 35.2 Å². The van der Waals surface area contributed by atoms with E-state index in [2.05, 4.69) is 0 Å². The molecule has 2 N–H and O–H groups in total. The molecule has 0 saturated carbocycles. The van der Waals surface area contributed by atoms with Gasteiger partial charge in [0, 0.05) is 16.6 Å². The molecule has 1 atom stereocenters. The highest BCUT2D eigenvalue weighted by atomic mass is 35.5. The van der Waals surface area contributed by atoms with E-state index in [0.29, 0.717) is 17.0 Å². The molecule has 100 valence electrons. The minimum Gasteiger partial charge on any atom is -0.497 e. The number of methoxy groups -OCH3 is 1. The summed E-state index contributed by atoms with van der Waals surface area (Å²) in [6.07, 6.45) is 0.537. The Bertz CT molecular complexity index is 574. The maximum absolute atomic E-state index is 13.8. The van der Waals surface area contributed by atoms with Crippen LogP contribution in [0.15, 0.2) is 42.5 Å². The summed E-state index contributed by atoms with van der Waals surface area (Å²) in [5.74, 6) is 0.393. The van der Waals surface area contributed by atoms with Gasteiger partial charge in [0.25, 0.3) is 0 Å². The third-order valence-corrected chi connectivity index (χ3v) is 3.19. The van der Waals surface area contributed by atoms with Crippen molar-refractivity contribution < 1.29 is 9.13 Å². The predicted octanol–water partition coefficient (Wildman–Crippen LogP) is 3.73. The van der Waals surface area contributed by atoms with Gasteiger partial charge in [0.05, 0.1) is 7.11 Å². The average Bonchev–Trinajstić information content (AvgIpc) is 2.38. The van der Waals surface area contributed by atoms with Crippen molar-refractivity contribution in [3.63, 3.8) is 0 Å². The Kier molecular flexibility index (Phi) is 4.40. The van der Waals surface area contributed by atoms with Crippen molar-refractivity contribution in [2.75, 3.05) is 7.11 Å². The fraction of sp³-hybridized carbons (Fsp3) is 0.200. The molecule has 0 aliphatic rings. The van der Waals surface area contributed by atoms with Crippen LogP contribution in [-0.2, 0) is 6.42 Å². The maximum atomic E-state index is 13.8. The van der Waals surface area contributed by atoms with Crippen molar-refractivity contribution in [2.45, 2.75) is 12.5 Å². The molecule has 4 heteroatoms. The Labute approximate surface area is 117 Å². The van der Waals surface area contributed by atoms with E-state index < -0.39 is 6.04 Å². The lowest BCUT2D eigenvalue weighted by Gasteiger charge is -2.14. The molecule has 2 aromatic rings. The van der Waals surface area contributed by atoms with Crippen LogP contribution in [0, 0.1) is 5.82 Å². The number of halogens is 2. The fourth-order valence-corrected chi connectivity index (χ4v) is 2.12. The van der Waals surface area contributed by atoms with Crippen LogP contribution in [0.4, 0.5) is 4.39 Å². The highest BCUT2D eigenvalue weighted by molar-refractivity contribution is 6.30. The van der Waals surface area contributed by atoms with Gasteiger partial charge in [-0.15, -0.1) is 0 Å². The first-order chi connectivity index (χ1) is 9.10. The Morgan fingerprint density at radius 1 is 1.26 bits per heavy atom. The second-order valence-electron chi connectivity index (χ2n) is 4.33. The molecule has 0 saturated heterocycles. The van der Waals surface area contributed by atoms with Crippen LogP contribution in [0.2, 0.25) is 5.02 Å². The van der Waals surface area contributed by atoms with Crippen LogP contribution in [0.3, 0.4) is 0 Å². The first-order valence-electron chi connectivity index (χ1n) is 5.93. The van der Waals surface area contributed by atoms with Crippen molar-refractivity contribution in [1.82, 2.24) is 0 Å². The second-order valence-corrected chi connectivity index (χ2v) is 4.76. The maximum Gasteiger partial charge on any atom is 0.129 e. The fourth-order valence-electron chi connectivity index (χ4n) is 1.97. The van der Waals surface area contributed by atoms with Gasteiger partial charge in [-0.3, -0.25) is 0 Å². The molecule has 2 aromatic carbocycles. The molecule has 2 rings (SSSR count). The zero-order valence-electron chi connectivity index (χ0n) is 10.6. The van der Waals surface area contributed by atoms with E-state index in [4.69, 9.17) is 22.1 Å². The summed E-state index contributed by atoms with van der Waals surface area (Å²) in [5.41, 5.74) is 7.51.